The van der Waals surface area contributed by atoms with Crippen molar-refractivity contribution in [2.24, 2.45) is 17.8 Å². The Morgan fingerprint density at radius 3 is 2.95 bits per heavy atom. The molecule has 2 aliphatic rings. The first-order valence-electron chi connectivity index (χ1n) is 7.32. The Hall–Kier alpha value is -1.84. The van der Waals surface area contributed by atoms with Gasteiger partial charge in [-0.1, -0.05) is 6.42 Å². The molecule has 2 saturated carbocycles. The quantitative estimate of drug-likeness (QED) is 0.927. The van der Waals surface area contributed by atoms with Crippen LogP contribution in [-0.4, -0.2) is 16.1 Å². The molecule has 2 aromatic rings. The monoisotopic (exact) mass is 271 g/mol. The van der Waals surface area contributed by atoms with Crippen LogP contribution in [0.25, 0.3) is 11.1 Å². The Morgan fingerprint density at radius 1 is 1.35 bits per heavy atom. The van der Waals surface area contributed by atoms with E-state index in [0.717, 1.165) is 29.7 Å². The summed E-state index contributed by atoms with van der Waals surface area (Å²) in [6.07, 6.45) is 6.35. The highest BCUT2D eigenvalue weighted by Gasteiger charge is 2.39. The molecule has 0 radical (unpaired) electrons. The highest BCUT2D eigenvalue weighted by molar-refractivity contribution is 5.91. The van der Waals surface area contributed by atoms with Gasteiger partial charge in [-0.25, -0.2) is 9.78 Å². The number of hydrogen-bond donors (Lipinski definition) is 1. The molecule has 0 aliphatic heterocycles. The molecule has 4 heteroatoms. The Bertz CT molecular complexity index is 675. The van der Waals surface area contributed by atoms with Crippen molar-refractivity contribution >= 4 is 17.1 Å². The van der Waals surface area contributed by atoms with Crippen LogP contribution < -0.4 is 0 Å². The van der Waals surface area contributed by atoms with Crippen molar-refractivity contribution in [1.29, 1.82) is 0 Å². The fourth-order valence-corrected chi connectivity index (χ4v) is 4.04. The van der Waals surface area contributed by atoms with Crippen LogP contribution in [0.15, 0.2) is 22.6 Å². The molecule has 0 amide bonds. The summed E-state index contributed by atoms with van der Waals surface area (Å²) in [4.78, 5) is 15.5. The van der Waals surface area contributed by atoms with Crippen LogP contribution in [-0.2, 0) is 6.42 Å². The van der Waals surface area contributed by atoms with Gasteiger partial charge in [-0.05, 0) is 55.2 Å². The number of carboxylic acids is 1. The summed E-state index contributed by atoms with van der Waals surface area (Å²) in [5.41, 5.74) is 1.59. The van der Waals surface area contributed by atoms with Crippen LogP contribution >= 0.6 is 0 Å². The molecule has 2 fully saturated rings. The molecule has 2 bridgehead atoms. The maximum Gasteiger partial charge on any atom is 0.335 e. The molecule has 1 aromatic heterocycles. The lowest BCUT2D eigenvalue weighted by Crippen LogP contribution is -2.13. The SMILES string of the molecule is O=C(O)c1ccc2nc(CC3CC4CCC3C4)oc2c1. The van der Waals surface area contributed by atoms with Crippen LogP contribution in [0.5, 0.6) is 0 Å². The second-order valence-corrected chi connectivity index (χ2v) is 6.23. The molecule has 4 rings (SSSR count). The average molecular weight is 271 g/mol. The molecule has 0 spiro atoms. The van der Waals surface area contributed by atoms with E-state index in [9.17, 15) is 4.79 Å². The minimum Gasteiger partial charge on any atom is -0.478 e. The largest absolute Gasteiger partial charge is 0.478 e. The summed E-state index contributed by atoms with van der Waals surface area (Å²) in [5, 5.41) is 8.99. The zero-order valence-corrected chi connectivity index (χ0v) is 11.2. The topological polar surface area (TPSA) is 63.3 Å². The van der Waals surface area contributed by atoms with Crippen molar-refractivity contribution in [1.82, 2.24) is 4.98 Å². The zero-order valence-electron chi connectivity index (χ0n) is 11.2. The van der Waals surface area contributed by atoms with E-state index >= 15 is 0 Å². The number of nitrogens with zero attached hydrogens (tertiary/aromatic N) is 1. The zero-order chi connectivity index (χ0) is 13.7. The van der Waals surface area contributed by atoms with E-state index < -0.39 is 5.97 Å². The second kappa shape index (κ2) is 4.33. The molecule has 20 heavy (non-hydrogen) atoms. The molecule has 1 aromatic carbocycles. The number of carbonyl (C=O) groups is 1. The molecule has 1 heterocycles. The normalized spacial score (nSPS) is 28.3. The standard InChI is InChI=1S/C16H17NO3/c18-16(19)11-3-4-13-14(7-11)20-15(17-13)8-12-6-9-1-2-10(12)5-9/h3-4,7,9-10,12H,1-2,5-6,8H2,(H,18,19). The van der Waals surface area contributed by atoms with Gasteiger partial charge in [0.15, 0.2) is 11.5 Å². The molecule has 3 unspecified atom stereocenters. The van der Waals surface area contributed by atoms with Gasteiger partial charge in [0.1, 0.15) is 5.52 Å². The first kappa shape index (κ1) is 11.9. The summed E-state index contributed by atoms with van der Waals surface area (Å²) in [6.45, 7) is 0. The summed E-state index contributed by atoms with van der Waals surface area (Å²) >= 11 is 0. The maximum atomic E-state index is 11.0. The van der Waals surface area contributed by atoms with E-state index in [0.29, 0.717) is 11.5 Å². The van der Waals surface area contributed by atoms with Gasteiger partial charge in [-0.15, -0.1) is 0 Å². The van der Waals surface area contributed by atoms with Crippen molar-refractivity contribution in [2.75, 3.05) is 0 Å². The van der Waals surface area contributed by atoms with Crippen LogP contribution in [0.2, 0.25) is 0 Å². The summed E-state index contributed by atoms with van der Waals surface area (Å²) in [5.74, 6) is 2.32. The highest BCUT2D eigenvalue weighted by Crippen LogP contribution is 2.49. The Kier molecular flexibility index (Phi) is 2.59. The van der Waals surface area contributed by atoms with E-state index in [1.807, 2.05) is 0 Å². The van der Waals surface area contributed by atoms with E-state index in [2.05, 4.69) is 4.98 Å². The Morgan fingerprint density at radius 2 is 2.25 bits per heavy atom. The average Bonchev–Trinajstić information content (AvgIpc) is 3.11. The molecule has 0 saturated heterocycles. The summed E-state index contributed by atoms with van der Waals surface area (Å²) < 4.78 is 5.75. The number of carboxylic acid groups (broad SMARTS) is 1. The van der Waals surface area contributed by atoms with Gasteiger partial charge in [0.25, 0.3) is 0 Å². The fourth-order valence-electron chi connectivity index (χ4n) is 4.04. The van der Waals surface area contributed by atoms with Crippen molar-refractivity contribution in [2.45, 2.75) is 32.1 Å². The summed E-state index contributed by atoms with van der Waals surface area (Å²) in [6, 6.07) is 4.87. The van der Waals surface area contributed by atoms with Crippen LogP contribution in [0.3, 0.4) is 0 Å². The number of aromatic carboxylic acids is 1. The third-order valence-corrected chi connectivity index (χ3v) is 5.00. The molecule has 3 atom stereocenters. The molecule has 104 valence electrons. The molecular weight excluding hydrogens is 254 g/mol. The minimum atomic E-state index is -0.932. The molecular formula is C16H17NO3. The lowest BCUT2D eigenvalue weighted by molar-refractivity contribution is 0.0697. The summed E-state index contributed by atoms with van der Waals surface area (Å²) in [7, 11) is 0. The number of oxazole rings is 1. The third kappa shape index (κ3) is 1.90. The minimum absolute atomic E-state index is 0.250. The number of aromatic nitrogens is 1. The third-order valence-electron chi connectivity index (χ3n) is 5.00. The Balaban J connectivity index is 1.59. The van der Waals surface area contributed by atoms with Gasteiger partial charge in [0.2, 0.25) is 0 Å². The maximum absolute atomic E-state index is 11.0. The molecule has 4 nitrogen and oxygen atoms in total. The van der Waals surface area contributed by atoms with E-state index in [-0.39, 0.29) is 5.56 Å². The number of fused-ring (bicyclic) bond motifs is 3. The second-order valence-electron chi connectivity index (χ2n) is 6.23. The highest BCUT2D eigenvalue weighted by atomic mass is 16.4. The van der Waals surface area contributed by atoms with Crippen molar-refractivity contribution < 1.29 is 14.3 Å². The van der Waals surface area contributed by atoms with Crippen molar-refractivity contribution in [3.05, 3.63) is 29.7 Å². The predicted molar refractivity (Wildman–Crippen MR) is 73.6 cm³/mol. The first-order chi connectivity index (χ1) is 9.69. The van der Waals surface area contributed by atoms with Crippen LogP contribution in [0, 0.1) is 17.8 Å². The lowest BCUT2D eigenvalue weighted by atomic mass is 9.86. The predicted octanol–water partition coefficient (Wildman–Crippen LogP) is 3.50. The van der Waals surface area contributed by atoms with E-state index in [1.165, 1.54) is 25.7 Å². The van der Waals surface area contributed by atoms with Gasteiger partial charge in [0.05, 0.1) is 5.56 Å². The van der Waals surface area contributed by atoms with Gasteiger partial charge >= 0.3 is 5.97 Å². The smallest absolute Gasteiger partial charge is 0.335 e. The molecule has 2 aliphatic carbocycles. The van der Waals surface area contributed by atoms with Gasteiger partial charge in [-0.2, -0.15) is 0 Å². The van der Waals surface area contributed by atoms with E-state index in [4.69, 9.17) is 9.52 Å². The van der Waals surface area contributed by atoms with Crippen molar-refractivity contribution in [3.8, 4) is 0 Å². The number of benzene rings is 1. The fraction of sp³-hybridized carbons (Fsp3) is 0.500. The first-order valence-corrected chi connectivity index (χ1v) is 7.32. The van der Waals surface area contributed by atoms with E-state index in [1.54, 1.807) is 18.2 Å². The lowest BCUT2D eigenvalue weighted by Gasteiger charge is -2.19. The number of rotatable bonds is 3. The van der Waals surface area contributed by atoms with Gasteiger partial charge in [0, 0.05) is 6.42 Å². The van der Waals surface area contributed by atoms with Crippen LogP contribution in [0.4, 0.5) is 0 Å². The Labute approximate surface area is 116 Å². The van der Waals surface area contributed by atoms with Gasteiger partial charge < -0.3 is 9.52 Å². The van der Waals surface area contributed by atoms with Crippen LogP contribution in [0.1, 0.15) is 41.9 Å². The van der Waals surface area contributed by atoms with Crippen molar-refractivity contribution in [3.63, 3.8) is 0 Å². The number of hydrogen-bond acceptors (Lipinski definition) is 3. The molecule has 1 N–H and O–H groups in total. The van der Waals surface area contributed by atoms with Gasteiger partial charge in [-0.3, -0.25) is 0 Å².